The first-order valence-electron chi connectivity index (χ1n) is 6.14. The van der Waals surface area contributed by atoms with Crippen LogP contribution in [0.25, 0.3) is 0 Å². The van der Waals surface area contributed by atoms with E-state index < -0.39 is 0 Å². The van der Waals surface area contributed by atoms with Crippen LogP contribution in [0.4, 0.5) is 0 Å². The summed E-state index contributed by atoms with van der Waals surface area (Å²) in [5.74, 6) is 0.0721. The van der Waals surface area contributed by atoms with E-state index in [-0.39, 0.29) is 5.91 Å². The quantitative estimate of drug-likeness (QED) is 0.782. The Morgan fingerprint density at radius 1 is 1.33 bits per heavy atom. The lowest BCUT2D eigenvalue weighted by Gasteiger charge is -2.32. The number of nitriles is 1. The van der Waals surface area contributed by atoms with Crippen LogP contribution in [0.5, 0.6) is 0 Å². The number of rotatable bonds is 2. The fourth-order valence-electron chi connectivity index (χ4n) is 2.10. The fraction of sp³-hybridized carbons (Fsp3) is 0.429. The number of hydrogen-bond donors (Lipinski definition) is 0. The van der Waals surface area contributed by atoms with Crippen molar-refractivity contribution in [2.75, 3.05) is 33.2 Å². The molecule has 94 valence electrons. The molecule has 4 heteroatoms. The minimum atomic E-state index is 0.0721. The van der Waals surface area contributed by atoms with E-state index >= 15 is 0 Å². The van der Waals surface area contributed by atoms with Crippen LogP contribution in [0, 0.1) is 11.3 Å². The molecule has 1 aromatic rings. The van der Waals surface area contributed by atoms with E-state index in [1.54, 1.807) is 0 Å². The minimum Gasteiger partial charge on any atom is -0.336 e. The Bertz CT molecular complexity index is 470. The second-order valence-corrected chi connectivity index (χ2v) is 4.63. The van der Waals surface area contributed by atoms with Gasteiger partial charge < -0.3 is 9.80 Å². The molecule has 0 atom stereocenters. The van der Waals surface area contributed by atoms with Crippen molar-refractivity contribution in [1.82, 2.24) is 9.80 Å². The molecule has 0 spiro atoms. The standard InChI is InChI=1S/C14H17N3O/c1-16-7-9-17(10-8-16)14(18)13-4-2-3-12(11-13)5-6-15/h2-4,11H,5,7-10H2,1H3. The van der Waals surface area contributed by atoms with Crippen molar-refractivity contribution in [1.29, 1.82) is 5.26 Å². The van der Waals surface area contributed by atoms with Gasteiger partial charge in [-0.2, -0.15) is 5.26 Å². The van der Waals surface area contributed by atoms with E-state index in [4.69, 9.17) is 5.26 Å². The molecule has 0 aliphatic carbocycles. The molecule has 0 aromatic heterocycles. The van der Waals surface area contributed by atoms with E-state index in [0.29, 0.717) is 12.0 Å². The van der Waals surface area contributed by atoms with Gasteiger partial charge in [0.05, 0.1) is 12.5 Å². The molecule has 1 heterocycles. The predicted octanol–water partition coefficient (Wildman–Crippen LogP) is 1.14. The van der Waals surface area contributed by atoms with Gasteiger partial charge in [-0.05, 0) is 24.7 Å². The van der Waals surface area contributed by atoms with Crippen LogP contribution >= 0.6 is 0 Å². The van der Waals surface area contributed by atoms with E-state index in [9.17, 15) is 4.79 Å². The largest absolute Gasteiger partial charge is 0.336 e. The summed E-state index contributed by atoms with van der Waals surface area (Å²) < 4.78 is 0. The molecule has 0 radical (unpaired) electrons. The van der Waals surface area contributed by atoms with Crippen molar-refractivity contribution in [2.24, 2.45) is 0 Å². The maximum Gasteiger partial charge on any atom is 0.253 e. The van der Waals surface area contributed by atoms with Gasteiger partial charge in [-0.1, -0.05) is 12.1 Å². The zero-order chi connectivity index (χ0) is 13.0. The summed E-state index contributed by atoms with van der Waals surface area (Å²) in [6.07, 6.45) is 0.351. The molecule has 1 amide bonds. The highest BCUT2D eigenvalue weighted by Gasteiger charge is 2.20. The molecule has 0 bridgehead atoms. The van der Waals surface area contributed by atoms with Gasteiger partial charge in [0.25, 0.3) is 5.91 Å². The van der Waals surface area contributed by atoms with Gasteiger partial charge in [0, 0.05) is 31.7 Å². The van der Waals surface area contributed by atoms with Crippen molar-refractivity contribution in [3.05, 3.63) is 35.4 Å². The number of likely N-dealkylation sites (N-methyl/N-ethyl adjacent to an activating group) is 1. The van der Waals surface area contributed by atoms with Gasteiger partial charge in [0.15, 0.2) is 0 Å². The predicted molar refractivity (Wildman–Crippen MR) is 69.2 cm³/mol. The summed E-state index contributed by atoms with van der Waals surface area (Å²) in [7, 11) is 2.06. The Kier molecular flexibility index (Phi) is 3.96. The molecule has 1 saturated heterocycles. The van der Waals surface area contributed by atoms with Gasteiger partial charge in [-0.3, -0.25) is 4.79 Å². The number of benzene rings is 1. The second kappa shape index (κ2) is 5.65. The molecule has 0 N–H and O–H groups in total. The van der Waals surface area contributed by atoms with Crippen LogP contribution in [-0.2, 0) is 6.42 Å². The summed E-state index contributed by atoms with van der Waals surface area (Å²) in [6.45, 7) is 3.39. The van der Waals surface area contributed by atoms with Crippen molar-refractivity contribution < 1.29 is 4.79 Å². The molecule has 0 saturated carbocycles. The first-order valence-corrected chi connectivity index (χ1v) is 6.14. The minimum absolute atomic E-state index is 0.0721. The number of hydrogen-bond acceptors (Lipinski definition) is 3. The smallest absolute Gasteiger partial charge is 0.253 e. The van der Waals surface area contributed by atoms with Gasteiger partial charge in [0.2, 0.25) is 0 Å². The number of carbonyl (C=O) groups excluding carboxylic acids is 1. The maximum absolute atomic E-state index is 12.3. The van der Waals surface area contributed by atoms with Crippen LogP contribution in [-0.4, -0.2) is 48.9 Å². The van der Waals surface area contributed by atoms with Crippen molar-refractivity contribution in [3.8, 4) is 6.07 Å². The van der Waals surface area contributed by atoms with Crippen molar-refractivity contribution in [2.45, 2.75) is 6.42 Å². The number of carbonyl (C=O) groups is 1. The van der Waals surface area contributed by atoms with Crippen molar-refractivity contribution in [3.63, 3.8) is 0 Å². The van der Waals surface area contributed by atoms with Crippen LogP contribution in [0.3, 0.4) is 0 Å². The first-order chi connectivity index (χ1) is 8.70. The highest BCUT2D eigenvalue weighted by atomic mass is 16.2. The Balaban J connectivity index is 2.09. The lowest BCUT2D eigenvalue weighted by Crippen LogP contribution is -2.47. The summed E-state index contributed by atoms with van der Waals surface area (Å²) in [5, 5.41) is 8.68. The van der Waals surface area contributed by atoms with E-state index in [1.807, 2.05) is 29.2 Å². The zero-order valence-electron chi connectivity index (χ0n) is 10.6. The summed E-state index contributed by atoms with van der Waals surface area (Å²) in [4.78, 5) is 16.4. The molecule has 4 nitrogen and oxygen atoms in total. The van der Waals surface area contributed by atoms with Crippen LogP contribution in [0.2, 0.25) is 0 Å². The SMILES string of the molecule is CN1CCN(C(=O)c2cccc(CC#N)c2)CC1. The van der Waals surface area contributed by atoms with Gasteiger partial charge >= 0.3 is 0 Å². The first kappa shape index (κ1) is 12.6. The third-order valence-corrected chi connectivity index (χ3v) is 3.25. The zero-order valence-corrected chi connectivity index (χ0v) is 10.6. The topological polar surface area (TPSA) is 47.3 Å². The van der Waals surface area contributed by atoms with Gasteiger partial charge in [-0.25, -0.2) is 0 Å². The third-order valence-electron chi connectivity index (χ3n) is 3.25. The average molecular weight is 243 g/mol. The highest BCUT2D eigenvalue weighted by Crippen LogP contribution is 2.11. The lowest BCUT2D eigenvalue weighted by molar-refractivity contribution is 0.0664. The number of nitrogens with zero attached hydrogens (tertiary/aromatic N) is 3. The number of piperazine rings is 1. The molecule has 1 aliphatic heterocycles. The third kappa shape index (κ3) is 2.88. The molecule has 1 aromatic carbocycles. The Labute approximate surface area is 107 Å². The molecular weight excluding hydrogens is 226 g/mol. The monoisotopic (exact) mass is 243 g/mol. The average Bonchev–Trinajstić information content (AvgIpc) is 2.39. The van der Waals surface area contributed by atoms with E-state index in [1.165, 1.54) is 0 Å². The number of amides is 1. The Morgan fingerprint density at radius 2 is 2.06 bits per heavy atom. The molecular formula is C14H17N3O. The summed E-state index contributed by atoms with van der Waals surface area (Å²) >= 11 is 0. The van der Waals surface area contributed by atoms with Crippen LogP contribution < -0.4 is 0 Å². The van der Waals surface area contributed by atoms with E-state index in [0.717, 1.165) is 31.7 Å². The normalized spacial score (nSPS) is 16.3. The lowest BCUT2D eigenvalue weighted by atomic mass is 10.1. The van der Waals surface area contributed by atoms with Gasteiger partial charge in [-0.15, -0.1) is 0 Å². The molecule has 1 fully saturated rings. The molecule has 1 aliphatic rings. The van der Waals surface area contributed by atoms with Crippen LogP contribution in [0.15, 0.2) is 24.3 Å². The summed E-state index contributed by atoms with van der Waals surface area (Å²) in [5.41, 5.74) is 1.59. The maximum atomic E-state index is 12.3. The molecule has 0 unspecified atom stereocenters. The van der Waals surface area contributed by atoms with Crippen molar-refractivity contribution >= 4 is 5.91 Å². The van der Waals surface area contributed by atoms with Crippen LogP contribution in [0.1, 0.15) is 15.9 Å². The highest BCUT2D eigenvalue weighted by molar-refractivity contribution is 5.94. The Morgan fingerprint density at radius 3 is 2.72 bits per heavy atom. The fourth-order valence-corrected chi connectivity index (χ4v) is 2.10. The van der Waals surface area contributed by atoms with Gasteiger partial charge in [0.1, 0.15) is 0 Å². The van der Waals surface area contributed by atoms with E-state index in [2.05, 4.69) is 18.0 Å². The Hall–Kier alpha value is -1.86. The summed E-state index contributed by atoms with van der Waals surface area (Å²) in [6, 6.07) is 9.47. The second-order valence-electron chi connectivity index (χ2n) is 4.63. The molecule has 18 heavy (non-hydrogen) atoms. The molecule has 2 rings (SSSR count).